The van der Waals surface area contributed by atoms with Crippen LogP contribution in [-0.2, 0) is 11.3 Å². The molecule has 0 spiro atoms. The Labute approximate surface area is 136 Å². The van der Waals surface area contributed by atoms with E-state index in [1.807, 2.05) is 13.1 Å². The number of carbonyl (C=O) groups excluding carboxylic acids is 1. The molecular weight excluding hydrogens is 307 g/mol. The van der Waals surface area contributed by atoms with Gasteiger partial charge in [-0.25, -0.2) is 0 Å². The van der Waals surface area contributed by atoms with Gasteiger partial charge in [0.1, 0.15) is 0 Å². The molecule has 0 aliphatic carbocycles. The molecule has 5 heteroatoms. The summed E-state index contributed by atoms with van der Waals surface area (Å²) in [6, 6.07) is 5.39. The van der Waals surface area contributed by atoms with Gasteiger partial charge in [0, 0.05) is 30.2 Å². The molecule has 1 saturated heterocycles. The van der Waals surface area contributed by atoms with Gasteiger partial charge < -0.3 is 10.2 Å². The van der Waals surface area contributed by atoms with E-state index in [1.165, 1.54) is 0 Å². The molecule has 116 valence electrons. The minimum Gasteiger partial charge on any atom is -0.341 e. The van der Waals surface area contributed by atoms with Crippen LogP contribution in [0.3, 0.4) is 0 Å². The van der Waals surface area contributed by atoms with E-state index in [0.717, 1.165) is 25.1 Å². The maximum Gasteiger partial charge on any atom is 0.230 e. The molecule has 0 saturated carbocycles. The largest absolute Gasteiger partial charge is 0.341 e. The second kappa shape index (κ2) is 6.55. The number of rotatable bonds is 4. The van der Waals surface area contributed by atoms with E-state index < -0.39 is 0 Å². The molecule has 1 amide bonds. The van der Waals surface area contributed by atoms with Crippen LogP contribution in [0, 0.1) is 11.3 Å². The fraction of sp³-hybridized carbons (Fsp3) is 0.562. The van der Waals surface area contributed by atoms with E-state index >= 15 is 0 Å². The molecule has 3 nitrogen and oxygen atoms in total. The fourth-order valence-electron chi connectivity index (χ4n) is 2.99. The normalized spacial score (nSPS) is 21.8. The first-order valence-corrected chi connectivity index (χ1v) is 8.02. The van der Waals surface area contributed by atoms with Crippen molar-refractivity contribution in [1.82, 2.24) is 10.2 Å². The third kappa shape index (κ3) is 3.36. The van der Waals surface area contributed by atoms with Crippen LogP contribution in [0.5, 0.6) is 0 Å². The summed E-state index contributed by atoms with van der Waals surface area (Å²) in [4.78, 5) is 14.7. The van der Waals surface area contributed by atoms with Crippen molar-refractivity contribution in [3.8, 4) is 0 Å². The Balaban J connectivity index is 2.15. The summed E-state index contributed by atoms with van der Waals surface area (Å²) in [6.07, 6.45) is 0.891. The van der Waals surface area contributed by atoms with Crippen LogP contribution in [0.25, 0.3) is 0 Å². The lowest BCUT2D eigenvalue weighted by Crippen LogP contribution is -2.46. The molecule has 1 aliphatic heterocycles. The smallest absolute Gasteiger partial charge is 0.230 e. The minimum atomic E-state index is -0.298. The van der Waals surface area contributed by atoms with Crippen LogP contribution in [-0.4, -0.2) is 30.9 Å². The molecule has 0 bridgehead atoms. The third-order valence-electron chi connectivity index (χ3n) is 4.49. The van der Waals surface area contributed by atoms with Gasteiger partial charge in [0.15, 0.2) is 0 Å². The predicted molar refractivity (Wildman–Crippen MR) is 87.7 cm³/mol. The molecule has 1 heterocycles. The van der Waals surface area contributed by atoms with Gasteiger partial charge >= 0.3 is 0 Å². The Morgan fingerprint density at radius 2 is 2.14 bits per heavy atom. The summed E-state index contributed by atoms with van der Waals surface area (Å²) in [5.74, 6) is 0.497. The van der Waals surface area contributed by atoms with Crippen LogP contribution in [0.15, 0.2) is 18.2 Å². The Bertz CT molecular complexity index is 525. The van der Waals surface area contributed by atoms with Crippen LogP contribution < -0.4 is 5.32 Å². The molecule has 1 N–H and O–H groups in total. The summed E-state index contributed by atoms with van der Waals surface area (Å²) in [5.41, 5.74) is 0.620. The highest BCUT2D eigenvalue weighted by Crippen LogP contribution is 2.36. The summed E-state index contributed by atoms with van der Waals surface area (Å²) in [6.45, 7) is 6.40. The Morgan fingerprint density at radius 1 is 1.43 bits per heavy atom. The lowest BCUT2D eigenvalue weighted by Gasteiger charge is -2.35. The van der Waals surface area contributed by atoms with Crippen molar-refractivity contribution >= 4 is 29.1 Å². The van der Waals surface area contributed by atoms with E-state index in [0.29, 0.717) is 22.5 Å². The van der Waals surface area contributed by atoms with Gasteiger partial charge in [-0.2, -0.15) is 0 Å². The van der Waals surface area contributed by atoms with Gasteiger partial charge in [-0.05, 0) is 36.6 Å². The zero-order valence-corrected chi connectivity index (χ0v) is 14.3. The average Bonchev–Trinajstić information content (AvgIpc) is 2.91. The second-order valence-electron chi connectivity index (χ2n) is 6.13. The molecule has 1 aliphatic rings. The van der Waals surface area contributed by atoms with Crippen molar-refractivity contribution in [2.75, 3.05) is 20.1 Å². The van der Waals surface area contributed by atoms with Crippen molar-refractivity contribution in [2.45, 2.75) is 26.8 Å². The lowest BCUT2D eigenvalue weighted by molar-refractivity contribution is -0.142. The van der Waals surface area contributed by atoms with Crippen LogP contribution in [0.4, 0.5) is 0 Å². The topological polar surface area (TPSA) is 32.3 Å². The summed E-state index contributed by atoms with van der Waals surface area (Å²) < 4.78 is 0. The number of hydrogen-bond acceptors (Lipinski definition) is 2. The maximum atomic E-state index is 12.9. The number of nitrogens with zero attached hydrogens (tertiary/aromatic N) is 1. The first kappa shape index (κ1) is 16.6. The lowest BCUT2D eigenvalue weighted by atomic mass is 9.75. The van der Waals surface area contributed by atoms with Crippen molar-refractivity contribution in [3.63, 3.8) is 0 Å². The molecule has 1 fully saturated rings. The number of hydrogen-bond donors (Lipinski definition) is 1. The van der Waals surface area contributed by atoms with Crippen molar-refractivity contribution < 1.29 is 4.79 Å². The van der Waals surface area contributed by atoms with Gasteiger partial charge in [0.2, 0.25) is 5.91 Å². The molecule has 0 aromatic heterocycles. The quantitative estimate of drug-likeness (QED) is 0.916. The van der Waals surface area contributed by atoms with E-state index in [9.17, 15) is 4.79 Å². The fourth-order valence-corrected chi connectivity index (χ4v) is 3.46. The number of benzene rings is 1. The minimum absolute atomic E-state index is 0.188. The zero-order valence-electron chi connectivity index (χ0n) is 12.7. The van der Waals surface area contributed by atoms with Crippen molar-refractivity contribution in [1.29, 1.82) is 0 Å². The summed E-state index contributed by atoms with van der Waals surface area (Å²) in [7, 11) is 1.84. The molecule has 2 rings (SSSR count). The highest BCUT2D eigenvalue weighted by atomic mass is 35.5. The van der Waals surface area contributed by atoms with Gasteiger partial charge in [0.05, 0.1) is 5.41 Å². The maximum absolute atomic E-state index is 12.9. The first-order valence-electron chi connectivity index (χ1n) is 7.27. The highest BCUT2D eigenvalue weighted by molar-refractivity contribution is 6.35. The van der Waals surface area contributed by atoms with Crippen LogP contribution in [0.1, 0.15) is 25.8 Å². The predicted octanol–water partition coefficient (Wildman–Crippen LogP) is 3.59. The SMILES string of the molecule is CC(C)C1(C(=O)N(C)Cc2ccc(Cl)cc2Cl)CCNC1. The van der Waals surface area contributed by atoms with Crippen molar-refractivity contribution in [2.24, 2.45) is 11.3 Å². The molecule has 1 unspecified atom stereocenters. The average molecular weight is 329 g/mol. The third-order valence-corrected chi connectivity index (χ3v) is 5.08. The molecule has 21 heavy (non-hydrogen) atoms. The van der Waals surface area contributed by atoms with Crippen molar-refractivity contribution in [3.05, 3.63) is 33.8 Å². The summed E-state index contributed by atoms with van der Waals surface area (Å²) in [5, 5.41) is 4.53. The van der Waals surface area contributed by atoms with E-state index in [1.54, 1.807) is 17.0 Å². The second-order valence-corrected chi connectivity index (χ2v) is 6.98. The van der Waals surface area contributed by atoms with Gasteiger partial charge in [-0.1, -0.05) is 43.1 Å². The van der Waals surface area contributed by atoms with Gasteiger partial charge in [0.25, 0.3) is 0 Å². The molecule has 1 aromatic rings. The van der Waals surface area contributed by atoms with Crippen LogP contribution >= 0.6 is 23.2 Å². The first-order chi connectivity index (χ1) is 9.86. The summed E-state index contributed by atoms with van der Waals surface area (Å²) >= 11 is 12.1. The number of halogens is 2. The number of nitrogens with one attached hydrogen (secondary N) is 1. The standard InChI is InChI=1S/C16H22Cl2N2O/c1-11(2)16(6-7-19-10-16)15(21)20(3)9-12-4-5-13(17)8-14(12)18/h4-5,8,11,19H,6-7,9-10H2,1-3H3. The monoisotopic (exact) mass is 328 g/mol. The van der Waals surface area contributed by atoms with E-state index in [-0.39, 0.29) is 11.3 Å². The highest BCUT2D eigenvalue weighted by Gasteiger charge is 2.45. The van der Waals surface area contributed by atoms with Gasteiger partial charge in [-0.15, -0.1) is 0 Å². The molecule has 1 atom stereocenters. The molecular formula is C16H22Cl2N2O. The van der Waals surface area contributed by atoms with Crippen LogP contribution in [0.2, 0.25) is 10.0 Å². The van der Waals surface area contributed by atoms with Gasteiger partial charge in [-0.3, -0.25) is 4.79 Å². The Kier molecular flexibility index (Phi) is 5.18. The number of amides is 1. The molecule has 1 aromatic carbocycles. The number of carbonyl (C=O) groups is 1. The zero-order chi connectivity index (χ0) is 15.6. The van der Waals surface area contributed by atoms with E-state index in [4.69, 9.17) is 23.2 Å². The van der Waals surface area contributed by atoms with E-state index in [2.05, 4.69) is 19.2 Å². The molecule has 0 radical (unpaired) electrons. The Hall–Kier alpha value is -0.770. The Morgan fingerprint density at radius 3 is 2.67 bits per heavy atom.